The van der Waals surface area contributed by atoms with Gasteiger partial charge in [-0.2, -0.15) is 5.26 Å². The number of rotatable bonds is 5. The molecule has 0 saturated carbocycles. The van der Waals surface area contributed by atoms with Crippen molar-refractivity contribution in [1.82, 2.24) is 10.2 Å². The van der Waals surface area contributed by atoms with Crippen LogP contribution in [0.15, 0.2) is 0 Å². The third kappa shape index (κ3) is 4.19. The van der Waals surface area contributed by atoms with Crippen LogP contribution in [0.5, 0.6) is 0 Å². The summed E-state index contributed by atoms with van der Waals surface area (Å²) < 4.78 is 0. The summed E-state index contributed by atoms with van der Waals surface area (Å²) in [4.78, 5) is 2.51. The number of nitriles is 1. The molecule has 1 heterocycles. The number of hydrogen-bond donors (Lipinski definition) is 1. The fraction of sp³-hybridized carbons (Fsp3) is 0.917. The van der Waals surface area contributed by atoms with Crippen molar-refractivity contribution in [2.75, 3.05) is 26.2 Å². The van der Waals surface area contributed by atoms with E-state index >= 15 is 0 Å². The van der Waals surface area contributed by atoms with Gasteiger partial charge in [-0.05, 0) is 45.8 Å². The van der Waals surface area contributed by atoms with Gasteiger partial charge in [-0.15, -0.1) is 0 Å². The van der Waals surface area contributed by atoms with E-state index in [1.807, 2.05) is 6.92 Å². The highest BCUT2D eigenvalue weighted by atomic mass is 15.2. The topological polar surface area (TPSA) is 39.1 Å². The first-order chi connectivity index (χ1) is 7.27. The second-order valence-electron chi connectivity index (χ2n) is 4.45. The van der Waals surface area contributed by atoms with Crippen molar-refractivity contribution in [3.05, 3.63) is 0 Å². The van der Waals surface area contributed by atoms with E-state index in [4.69, 9.17) is 5.26 Å². The zero-order chi connectivity index (χ0) is 11.1. The highest BCUT2D eigenvalue weighted by Gasteiger charge is 2.19. The van der Waals surface area contributed by atoms with Crippen molar-refractivity contribution < 1.29 is 0 Å². The lowest BCUT2D eigenvalue weighted by molar-refractivity contribution is 0.168. The van der Waals surface area contributed by atoms with E-state index in [0.717, 1.165) is 26.1 Å². The average Bonchev–Trinajstić information content (AvgIpc) is 2.31. The van der Waals surface area contributed by atoms with E-state index in [1.165, 1.54) is 19.4 Å². The van der Waals surface area contributed by atoms with E-state index in [-0.39, 0.29) is 5.92 Å². The first kappa shape index (κ1) is 12.5. The molecule has 3 heteroatoms. The lowest BCUT2D eigenvalue weighted by Gasteiger charge is -2.34. The number of piperidine rings is 1. The molecule has 1 unspecified atom stereocenters. The van der Waals surface area contributed by atoms with Crippen LogP contribution in [0.25, 0.3) is 0 Å². The zero-order valence-electron chi connectivity index (χ0n) is 10.00. The average molecular weight is 209 g/mol. The summed E-state index contributed by atoms with van der Waals surface area (Å²) in [5, 5.41) is 12.2. The molecule has 1 N–H and O–H groups in total. The minimum absolute atomic E-state index is 0.190. The van der Waals surface area contributed by atoms with Gasteiger partial charge in [0.2, 0.25) is 0 Å². The Morgan fingerprint density at radius 3 is 2.93 bits per heavy atom. The first-order valence-electron chi connectivity index (χ1n) is 6.12. The predicted molar refractivity (Wildman–Crippen MR) is 62.5 cm³/mol. The van der Waals surface area contributed by atoms with Gasteiger partial charge < -0.3 is 5.32 Å². The van der Waals surface area contributed by atoms with E-state index in [2.05, 4.69) is 23.2 Å². The number of nitrogens with one attached hydrogen (secondary N) is 1. The number of hydrogen-bond acceptors (Lipinski definition) is 3. The van der Waals surface area contributed by atoms with E-state index in [9.17, 15) is 0 Å². The summed E-state index contributed by atoms with van der Waals surface area (Å²) in [5.41, 5.74) is 0. The highest BCUT2D eigenvalue weighted by Crippen LogP contribution is 2.12. The highest BCUT2D eigenvalue weighted by molar-refractivity contribution is 4.82. The monoisotopic (exact) mass is 209 g/mol. The third-order valence-electron chi connectivity index (χ3n) is 3.26. The van der Waals surface area contributed by atoms with Gasteiger partial charge in [0.15, 0.2) is 0 Å². The fourth-order valence-electron chi connectivity index (χ4n) is 2.17. The molecule has 0 bridgehead atoms. The van der Waals surface area contributed by atoms with Gasteiger partial charge in [0, 0.05) is 18.5 Å². The van der Waals surface area contributed by atoms with Crippen LogP contribution in [0.3, 0.4) is 0 Å². The van der Waals surface area contributed by atoms with E-state index < -0.39 is 0 Å². The molecule has 0 amide bonds. The Kier molecular flexibility index (Phi) is 5.67. The maximum absolute atomic E-state index is 8.75. The Bertz CT molecular complexity index is 203. The molecule has 0 aromatic heterocycles. The normalized spacial score (nSPS) is 23.7. The summed E-state index contributed by atoms with van der Waals surface area (Å²) in [6.45, 7) is 8.68. The fourth-order valence-corrected chi connectivity index (χ4v) is 2.17. The molecule has 1 aliphatic rings. The zero-order valence-corrected chi connectivity index (χ0v) is 10.00. The van der Waals surface area contributed by atoms with Crippen LogP contribution >= 0.6 is 0 Å². The van der Waals surface area contributed by atoms with Gasteiger partial charge in [-0.25, -0.2) is 0 Å². The van der Waals surface area contributed by atoms with Gasteiger partial charge in [-0.1, -0.05) is 6.92 Å². The van der Waals surface area contributed by atoms with Crippen molar-refractivity contribution in [3.8, 4) is 6.07 Å². The molecule has 0 aromatic rings. The van der Waals surface area contributed by atoms with Gasteiger partial charge in [-0.3, -0.25) is 4.90 Å². The van der Waals surface area contributed by atoms with Gasteiger partial charge >= 0.3 is 0 Å². The minimum Gasteiger partial charge on any atom is -0.315 e. The number of likely N-dealkylation sites (N-methyl/N-ethyl adjacent to an activating group) is 1. The van der Waals surface area contributed by atoms with Crippen LogP contribution in [0.2, 0.25) is 0 Å². The van der Waals surface area contributed by atoms with Crippen molar-refractivity contribution in [2.45, 2.75) is 39.2 Å². The lowest BCUT2D eigenvalue weighted by Crippen LogP contribution is -2.46. The van der Waals surface area contributed by atoms with Crippen LogP contribution in [0, 0.1) is 17.2 Å². The van der Waals surface area contributed by atoms with Crippen molar-refractivity contribution in [3.63, 3.8) is 0 Å². The quantitative estimate of drug-likeness (QED) is 0.747. The van der Waals surface area contributed by atoms with E-state index in [1.54, 1.807) is 0 Å². The molecule has 86 valence electrons. The van der Waals surface area contributed by atoms with Crippen LogP contribution in [0.1, 0.15) is 33.1 Å². The molecular weight excluding hydrogens is 186 g/mol. The van der Waals surface area contributed by atoms with Crippen LogP contribution in [-0.4, -0.2) is 37.1 Å². The Morgan fingerprint density at radius 2 is 2.40 bits per heavy atom. The molecule has 1 fully saturated rings. The first-order valence-corrected chi connectivity index (χ1v) is 6.12. The lowest BCUT2D eigenvalue weighted by atomic mass is 10.0. The van der Waals surface area contributed by atoms with Gasteiger partial charge in [0.25, 0.3) is 0 Å². The second kappa shape index (κ2) is 6.81. The molecule has 0 spiro atoms. The predicted octanol–water partition coefficient (Wildman–Crippen LogP) is 1.61. The largest absolute Gasteiger partial charge is 0.315 e. The molecule has 15 heavy (non-hydrogen) atoms. The summed E-state index contributed by atoms with van der Waals surface area (Å²) in [7, 11) is 0. The second-order valence-corrected chi connectivity index (χ2v) is 4.45. The van der Waals surface area contributed by atoms with Crippen molar-refractivity contribution in [1.29, 1.82) is 5.26 Å². The molecule has 0 aliphatic carbocycles. The Morgan fingerprint density at radius 1 is 1.60 bits per heavy atom. The molecule has 2 atom stereocenters. The van der Waals surface area contributed by atoms with Crippen LogP contribution in [0.4, 0.5) is 0 Å². The standard InChI is InChI=1S/C12H23N3/c1-3-15(8-6-11(2)9-13)12-5-4-7-14-10-12/h11-12,14H,3-8,10H2,1-2H3/t11?,12-/m1/s1. The Hall–Kier alpha value is -0.590. The molecular formula is C12H23N3. The maximum atomic E-state index is 8.75. The van der Waals surface area contributed by atoms with E-state index in [0.29, 0.717) is 6.04 Å². The summed E-state index contributed by atoms with van der Waals surface area (Å²) in [5.74, 6) is 0.190. The van der Waals surface area contributed by atoms with Crippen molar-refractivity contribution in [2.24, 2.45) is 5.92 Å². The van der Waals surface area contributed by atoms with Crippen molar-refractivity contribution >= 4 is 0 Å². The molecule has 0 aromatic carbocycles. The van der Waals surface area contributed by atoms with Gasteiger partial charge in [0.05, 0.1) is 6.07 Å². The molecule has 1 aliphatic heterocycles. The van der Waals surface area contributed by atoms with Gasteiger partial charge in [0.1, 0.15) is 0 Å². The molecule has 1 rings (SSSR count). The minimum atomic E-state index is 0.190. The third-order valence-corrected chi connectivity index (χ3v) is 3.26. The smallest absolute Gasteiger partial charge is 0.0653 e. The Labute approximate surface area is 93.5 Å². The SMILES string of the molecule is CCN(CCC(C)C#N)[C@@H]1CCCNC1. The van der Waals surface area contributed by atoms with Crippen LogP contribution in [-0.2, 0) is 0 Å². The van der Waals surface area contributed by atoms with Crippen LogP contribution < -0.4 is 5.32 Å². The molecule has 1 saturated heterocycles. The molecule has 3 nitrogen and oxygen atoms in total. The Balaban J connectivity index is 2.31. The number of nitrogens with zero attached hydrogens (tertiary/aromatic N) is 2. The molecule has 0 radical (unpaired) electrons. The maximum Gasteiger partial charge on any atom is 0.0653 e. The summed E-state index contributed by atoms with van der Waals surface area (Å²) in [6.07, 6.45) is 3.59. The summed E-state index contributed by atoms with van der Waals surface area (Å²) in [6, 6.07) is 2.99. The summed E-state index contributed by atoms with van der Waals surface area (Å²) >= 11 is 0.